The van der Waals surface area contributed by atoms with Crippen LogP contribution in [0.3, 0.4) is 0 Å². The minimum absolute atomic E-state index is 0.0503. The van der Waals surface area contributed by atoms with E-state index in [9.17, 15) is 14.0 Å². The van der Waals surface area contributed by atoms with Crippen molar-refractivity contribution in [1.82, 2.24) is 5.32 Å². The number of carbonyl (C=O) groups is 2. The van der Waals surface area contributed by atoms with Crippen LogP contribution in [0.1, 0.15) is 34.3 Å². The normalized spacial score (nSPS) is 16.7. The summed E-state index contributed by atoms with van der Waals surface area (Å²) in [5.41, 5.74) is 3.52. The molecule has 2 aromatic carbocycles. The molecule has 1 saturated heterocycles. The summed E-state index contributed by atoms with van der Waals surface area (Å²) >= 11 is 0. The van der Waals surface area contributed by atoms with Gasteiger partial charge in [0, 0.05) is 43.5 Å². The van der Waals surface area contributed by atoms with Crippen LogP contribution in [-0.2, 0) is 22.5 Å². The molecule has 1 N–H and O–H groups in total. The van der Waals surface area contributed by atoms with E-state index < -0.39 is 0 Å². The zero-order chi connectivity index (χ0) is 19.5. The molecule has 2 aliphatic heterocycles. The number of fused-ring (bicyclic) bond motifs is 1. The van der Waals surface area contributed by atoms with Crippen LogP contribution in [0, 0.1) is 11.7 Å². The smallest absolute Gasteiger partial charge is 0.251 e. The van der Waals surface area contributed by atoms with Crippen LogP contribution in [0.2, 0.25) is 0 Å². The molecule has 0 bridgehead atoms. The van der Waals surface area contributed by atoms with E-state index in [0.29, 0.717) is 31.9 Å². The average Bonchev–Trinajstić information content (AvgIpc) is 3.16. The molecule has 146 valence electrons. The number of amides is 2. The van der Waals surface area contributed by atoms with Crippen molar-refractivity contribution in [2.45, 2.75) is 25.8 Å². The van der Waals surface area contributed by atoms with Gasteiger partial charge in [-0.05, 0) is 60.7 Å². The van der Waals surface area contributed by atoms with Crippen LogP contribution < -0.4 is 10.2 Å². The number of benzene rings is 2. The van der Waals surface area contributed by atoms with Crippen molar-refractivity contribution in [2.75, 3.05) is 24.7 Å². The Labute approximate surface area is 163 Å². The maximum atomic E-state index is 13.0. The second kappa shape index (κ2) is 8.10. The molecule has 28 heavy (non-hydrogen) atoms. The lowest BCUT2D eigenvalue weighted by atomic mass is 9.98. The molecule has 0 saturated carbocycles. The molecule has 2 aromatic rings. The lowest BCUT2D eigenvalue weighted by Crippen LogP contribution is -2.37. The van der Waals surface area contributed by atoms with Gasteiger partial charge < -0.3 is 15.0 Å². The standard InChI is InChI=1S/C22H23FN2O3/c23-19-4-2-16(3-5-19)21(26)24-14-15-1-6-20-18(13-15)7-10-25(20)22(27)17-8-11-28-12-9-17/h1-6,13,17H,7-12,14H2,(H,24,26). The van der Waals surface area contributed by atoms with Crippen LogP contribution in [0.15, 0.2) is 42.5 Å². The second-order valence-electron chi connectivity index (χ2n) is 7.28. The topological polar surface area (TPSA) is 58.6 Å². The van der Waals surface area contributed by atoms with E-state index >= 15 is 0 Å². The number of anilines is 1. The molecule has 0 unspecified atom stereocenters. The Bertz CT molecular complexity index is 876. The van der Waals surface area contributed by atoms with Gasteiger partial charge in [-0.1, -0.05) is 12.1 Å². The van der Waals surface area contributed by atoms with Gasteiger partial charge in [0.2, 0.25) is 5.91 Å². The van der Waals surface area contributed by atoms with Crippen LogP contribution in [0.5, 0.6) is 0 Å². The molecule has 4 rings (SSSR count). The molecular formula is C22H23FN2O3. The van der Waals surface area contributed by atoms with Crippen molar-refractivity contribution in [3.63, 3.8) is 0 Å². The highest BCUT2D eigenvalue weighted by Gasteiger charge is 2.31. The highest BCUT2D eigenvalue weighted by Crippen LogP contribution is 2.31. The predicted octanol–water partition coefficient (Wildman–Crippen LogP) is 3.07. The zero-order valence-electron chi connectivity index (χ0n) is 15.6. The average molecular weight is 382 g/mol. The van der Waals surface area contributed by atoms with Gasteiger partial charge in [0.25, 0.3) is 5.91 Å². The molecule has 0 aliphatic carbocycles. The fourth-order valence-electron chi connectivity index (χ4n) is 3.84. The third-order valence-electron chi connectivity index (χ3n) is 5.44. The quantitative estimate of drug-likeness (QED) is 0.884. The largest absolute Gasteiger partial charge is 0.381 e. The fraction of sp³-hybridized carbons (Fsp3) is 0.364. The Morgan fingerprint density at radius 3 is 2.61 bits per heavy atom. The maximum absolute atomic E-state index is 13.0. The first-order valence-corrected chi connectivity index (χ1v) is 9.66. The molecule has 6 heteroatoms. The summed E-state index contributed by atoms with van der Waals surface area (Å²) < 4.78 is 18.3. The van der Waals surface area contributed by atoms with Crippen LogP contribution in [0.4, 0.5) is 10.1 Å². The van der Waals surface area contributed by atoms with Crippen LogP contribution in [-0.4, -0.2) is 31.6 Å². The zero-order valence-corrected chi connectivity index (χ0v) is 15.6. The number of carbonyl (C=O) groups excluding carboxylic acids is 2. The SMILES string of the molecule is O=C(NCc1ccc2c(c1)CCN2C(=O)C1CCOCC1)c1ccc(F)cc1. The first-order valence-electron chi connectivity index (χ1n) is 9.66. The van der Waals surface area contributed by atoms with Gasteiger partial charge in [-0.2, -0.15) is 0 Å². The second-order valence-corrected chi connectivity index (χ2v) is 7.28. The van der Waals surface area contributed by atoms with Crippen molar-refractivity contribution in [3.8, 4) is 0 Å². The van der Waals surface area contributed by atoms with E-state index in [1.54, 1.807) is 0 Å². The van der Waals surface area contributed by atoms with Gasteiger partial charge >= 0.3 is 0 Å². The fourth-order valence-corrected chi connectivity index (χ4v) is 3.84. The molecule has 2 amide bonds. The number of ether oxygens (including phenoxy) is 1. The number of rotatable bonds is 4. The number of nitrogens with zero attached hydrogens (tertiary/aromatic N) is 1. The molecule has 0 radical (unpaired) electrons. The van der Waals surface area contributed by atoms with Gasteiger partial charge in [0.05, 0.1) is 0 Å². The highest BCUT2D eigenvalue weighted by atomic mass is 19.1. The summed E-state index contributed by atoms with van der Waals surface area (Å²) in [5, 5.41) is 2.86. The van der Waals surface area contributed by atoms with Crippen molar-refractivity contribution in [3.05, 3.63) is 65.0 Å². The Kier molecular flexibility index (Phi) is 5.39. The van der Waals surface area contributed by atoms with Crippen molar-refractivity contribution in [2.24, 2.45) is 5.92 Å². The van der Waals surface area contributed by atoms with Gasteiger partial charge in [-0.25, -0.2) is 4.39 Å². The maximum Gasteiger partial charge on any atom is 0.251 e. The minimum Gasteiger partial charge on any atom is -0.381 e. The summed E-state index contributed by atoms with van der Waals surface area (Å²) in [4.78, 5) is 26.9. The van der Waals surface area contributed by atoms with E-state index in [2.05, 4.69) is 11.4 Å². The Balaban J connectivity index is 1.40. The number of halogens is 1. The Morgan fingerprint density at radius 1 is 1.11 bits per heavy atom. The van der Waals surface area contributed by atoms with E-state index in [0.717, 1.165) is 36.1 Å². The molecule has 2 heterocycles. The molecule has 1 fully saturated rings. The van der Waals surface area contributed by atoms with Crippen molar-refractivity contribution >= 4 is 17.5 Å². The molecular weight excluding hydrogens is 359 g/mol. The first kappa shape index (κ1) is 18.6. The molecule has 5 nitrogen and oxygen atoms in total. The number of nitrogens with one attached hydrogen (secondary N) is 1. The van der Waals surface area contributed by atoms with Gasteiger partial charge in [-0.3, -0.25) is 9.59 Å². The van der Waals surface area contributed by atoms with E-state index in [-0.39, 0.29) is 23.5 Å². The molecule has 0 spiro atoms. The van der Waals surface area contributed by atoms with E-state index in [4.69, 9.17) is 4.74 Å². The monoisotopic (exact) mass is 382 g/mol. The summed E-state index contributed by atoms with van der Waals surface area (Å²) in [6.07, 6.45) is 2.40. The summed E-state index contributed by atoms with van der Waals surface area (Å²) in [6, 6.07) is 11.4. The Morgan fingerprint density at radius 2 is 1.86 bits per heavy atom. The minimum atomic E-state index is -0.366. The number of hydrogen-bond acceptors (Lipinski definition) is 3. The third-order valence-corrected chi connectivity index (χ3v) is 5.44. The van der Waals surface area contributed by atoms with Crippen LogP contribution in [0.25, 0.3) is 0 Å². The van der Waals surface area contributed by atoms with Crippen molar-refractivity contribution < 1.29 is 18.7 Å². The summed E-state index contributed by atoms with van der Waals surface area (Å²) in [5.74, 6) is -0.361. The molecule has 0 aromatic heterocycles. The third kappa shape index (κ3) is 3.92. The molecule has 2 aliphatic rings. The lowest BCUT2D eigenvalue weighted by Gasteiger charge is -2.26. The van der Waals surface area contributed by atoms with Gasteiger partial charge in [0.1, 0.15) is 5.82 Å². The van der Waals surface area contributed by atoms with Gasteiger partial charge in [-0.15, -0.1) is 0 Å². The summed E-state index contributed by atoms with van der Waals surface area (Å²) in [7, 11) is 0. The van der Waals surface area contributed by atoms with E-state index in [1.807, 2.05) is 17.0 Å². The van der Waals surface area contributed by atoms with Crippen LogP contribution >= 0.6 is 0 Å². The first-order chi connectivity index (χ1) is 13.6. The van der Waals surface area contributed by atoms with Gasteiger partial charge in [0.15, 0.2) is 0 Å². The predicted molar refractivity (Wildman–Crippen MR) is 104 cm³/mol. The highest BCUT2D eigenvalue weighted by molar-refractivity contribution is 5.97. The van der Waals surface area contributed by atoms with E-state index in [1.165, 1.54) is 24.3 Å². The Hall–Kier alpha value is -2.73. The summed E-state index contributed by atoms with van der Waals surface area (Å²) in [6.45, 7) is 2.40. The molecule has 0 atom stereocenters. The number of hydrogen-bond donors (Lipinski definition) is 1. The van der Waals surface area contributed by atoms with Crippen molar-refractivity contribution in [1.29, 1.82) is 0 Å². The lowest BCUT2D eigenvalue weighted by molar-refractivity contribution is -0.125.